The average Bonchev–Trinajstić information content (AvgIpc) is 2.81. The molecule has 0 radical (unpaired) electrons. The normalized spacial score (nSPS) is 27.3. The highest BCUT2D eigenvalue weighted by Crippen LogP contribution is 2.34. The Hall–Kier alpha value is -1.06. The Morgan fingerprint density at radius 1 is 1.14 bits per heavy atom. The van der Waals surface area contributed by atoms with Crippen LogP contribution in [0, 0.1) is 5.92 Å². The van der Waals surface area contributed by atoms with Gasteiger partial charge in [-0.1, -0.05) is 18.2 Å². The van der Waals surface area contributed by atoms with Crippen molar-refractivity contribution in [3.05, 3.63) is 29.8 Å². The van der Waals surface area contributed by atoms with Gasteiger partial charge in [0.2, 0.25) is 0 Å². The van der Waals surface area contributed by atoms with Crippen LogP contribution in [0.3, 0.4) is 0 Å². The molecule has 2 fully saturated rings. The lowest BCUT2D eigenvalue weighted by atomic mass is 9.91. The van der Waals surface area contributed by atoms with E-state index in [1.54, 1.807) is 7.11 Å². The second-order valence-electron chi connectivity index (χ2n) is 6.75. The van der Waals surface area contributed by atoms with E-state index in [-0.39, 0.29) is 0 Å². The molecule has 0 aliphatic carbocycles. The van der Waals surface area contributed by atoms with E-state index >= 15 is 0 Å². The molecular weight excluding hydrogens is 274 g/mol. The summed E-state index contributed by atoms with van der Waals surface area (Å²) in [4.78, 5) is 2.66. The number of benzene rings is 1. The van der Waals surface area contributed by atoms with Gasteiger partial charge in [-0.15, -0.1) is 0 Å². The van der Waals surface area contributed by atoms with E-state index in [9.17, 15) is 0 Å². The summed E-state index contributed by atoms with van der Waals surface area (Å²) in [6.07, 6.45) is 6.39. The molecule has 0 aromatic heterocycles. The zero-order chi connectivity index (χ0) is 15.2. The van der Waals surface area contributed by atoms with Gasteiger partial charge in [0.15, 0.2) is 0 Å². The van der Waals surface area contributed by atoms with Gasteiger partial charge in [-0.3, -0.25) is 0 Å². The van der Waals surface area contributed by atoms with Gasteiger partial charge in [-0.25, -0.2) is 0 Å². The Morgan fingerprint density at radius 2 is 2.05 bits per heavy atom. The minimum absolute atomic E-state index is 0.642. The number of rotatable bonds is 4. The monoisotopic (exact) mass is 303 g/mol. The van der Waals surface area contributed by atoms with Crippen LogP contribution >= 0.6 is 0 Å². The Labute approximate surface area is 134 Å². The maximum absolute atomic E-state index is 5.63. The largest absolute Gasteiger partial charge is 0.496 e. The summed E-state index contributed by atoms with van der Waals surface area (Å²) in [5.74, 6) is 2.45. The minimum atomic E-state index is 0.642. The standard InChI is InChI=1S/C19H29NO2/c1-21-19-9-3-2-8-18(19)17-7-4-11-20(12-10-17)14-16-6-5-13-22-15-16/h2-3,8-9,16-17H,4-7,10-15H2,1H3. The summed E-state index contributed by atoms with van der Waals surface area (Å²) in [7, 11) is 1.78. The van der Waals surface area contributed by atoms with Crippen molar-refractivity contribution in [2.45, 2.75) is 38.0 Å². The fourth-order valence-corrected chi connectivity index (χ4v) is 3.97. The third-order valence-electron chi connectivity index (χ3n) is 5.17. The maximum atomic E-state index is 5.63. The fraction of sp³-hybridized carbons (Fsp3) is 0.684. The molecule has 0 saturated carbocycles. The molecule has 0 amide bonds. The van der Waals surface area contributed by atoms with E-state index < -0.39 is 0 Å². The summed E-state index contributed by atoms with van der Waals surface area (Å²) in [6, 6.07) is 8.54. The predicted molar refractivity (Wildman–Crippen MR) is 89.6 cm³/mol. The first-order valence-electron chi connectivity index (χ1n) is 8.80. The van der Waals surface area contributed by atoms with Crippen LogP contribution in [0.25, 0.3) is 0 Å². The van der Waals surface area contributed by atoms with Crippen LogP contribution in [0.4, 0.5) is 0 Å². The number of nitrogens with zero attached hydrogens (tertiary/aromatic N) is 1. The van der Waals surface area contributed by atoms with Gasteiger partial charge in [-0.2, -0.15) is 0 Å². The molecule has 0 bridgehead atoms. The molecule has 22 heavy (non-hydrogen) atoms. The highest BCUT2D eigenvalue weighted by molar-refractivity contribution is 5.36. The smallest absolute Gasteiger partial charge is 0.122 e. The van der Waals surface area contributed by atoms with E-state index in [1.165, 1.54) is 57.3 Å². The highest BCUT2D eigenvalue weighted by Gasteiger charge is 2.23. The third-order valence-corrected chi connectivity index (χ3v) is 5.17. The van der Waals surface area contributed by atoms with Crippen molar-refractivity contribution < 1.29 is 9.47 Å². The van der Waals surface area contributed by atoms with Crippen LogP contribution in [0.2, 0.25) is 0 Å². The Balaban J connectivity index is 1.57. The first-order chi connectivity index (χ1) is 10.9. The van der Waals surface area contributed by atoms with Crippen molar-refractivity contribution in [3.63, 3.8) is 0 Å². The van der Waals surface area contributed by atoms with Crippen molar-refractivity contribution in [2.24, 2.45) is 5.92 Å². The number of likely N-dealkylation sites (tertiary alicyclic amines) is 1. The molecule has 2 aliphatic heterocycles. The van der Waals surface area contributed by atoms with Crippen LogP contribution in [-0.2, 0) is 4.74 Å². The topological polar surface area (TPSA) is 21.7 Å². The molecule has 2 unspecified atom stereocenters. The number of ether oxygens (including phenoxy) is 2. The molecule has 2 heterocycles. The highest BCUT2D eigenvalue weighted by atomic mass is 16.5. The SMILES string of the molecule is COc1ccccc1C1CCCN(CC2CCCOC2)CC1. The molecule has 1 aromatic rings. The first kappa shape index (κ1) is 15.8. The summed E-state index contributed by atoms with van der Waals surface area (Å²) in [6.45, 7) is 5.60. The van der Waals surface area contributed by atoms with Crippen LogP contribution in [-0.4, -0.2) is 44.9 Å². The number of methoxy groups -OCH3 is 1. The summed E-state index contributed by atoms with van der Waals surface area (Å²) >= 11 is 0. The molecule has 2 aliphatic rings. The van der Waals surface area contributed by atoms with Crippen LogP contribution in [0.15, 0.2) is 24.3 Å². The van der Waals surface area contributed by atoms with E-state index in [2.05, 4.69) is 29.2 Å². The van der Waals surface area contributed by atoms with Crippen molar-refractivity contribution in [2.75, 3.05) is 40.0 Å². The lowest BCUT2D eigenvalue weighted by molar-refractivity contribution is 0.0389. The molecule has 3 nitrogen and oxygen atoms in total. The molecule has 3 heteroatoms. The van der Waals surface area contributed by atoms with Crippen LogP contribution in [0.5, 0.6) is 5.75 Å². The van der Waals surface area contributed by atoms with Crippen molar-refractivity contribution >= 4 is 0 Å². The Morgan fingerprint density at radius 3 is 2.86 bits per heavy atom. The average molecular weight is 303 g/mol. The second-order valence-corrected chi connectivity index (χ2v) is 6.75. The molecule has 2 saturated heterocycles. The van der Waals surface area contributed by atoms with Crippen molar-refractivity contribution in [3.8, 4) is 5.75 Å². The van der Waals surface area contributed by atoms with E-state index in [0.29, 0.717) is 5.92 Å². The number of para-hydroxylation sites is 1. The van der Waals surface area contributed by atoms with Crippen LogP contribution in [0.1, 0.15) is 43.6 Å². The van der Waals surface area contributed by atoms with E-state index in [0.717, 1.165) is 24.9 Å². The fourth-order valence-electron chi connectivity index (χ4n) is 3.97. The summed E-state index contributed by atoms with van der Waals surface area (Å²) in [5.41, 5.74) is 1.40. The lowest BCUT2D eigenvalue weighted by Gasteiger charge is -2.28. The summed E-state index contributed by atoms with van der Waals surface area (Å²) in [5, 5.41) is 0. The first-order valence-corrected chi connectivity index (χ1v) is 8.80. The lowest BCUT2D eigenvalue weighted by Crippen LogP contribution is -2.34. The molecule has 1 aromatic carbocycles. The van der Waals surface area contributed by atoms with Crippen LogP contribution < -0.4 is 4.74 Å². The molecule has 0 spiro atoms. The van der Waals surface area contributed by atoms with Gasteiger partial charge in [0.05, 0.1) is 13.7 Å². The maximum Gasteiger partial charge on any atom is 0.122 e. The number of hydrogen-bond donors (Lipinski definition) is 0. The molecule has 0 N–H and O–H groups in total. The van der Waals surface area contributed by atoms with Crippen molar-refractivity contribution in [1.29, 1.82) is 0 Å². The minimum Gasteiger partial charge on any atom is -0.496 e. The zero-order valence-corrected chi connectivity index (χ0v) is 13.8. The van der Waals surface area contributed by atoms with Gasteiger partial charge in [0.1, 0.15) is 5.75 Å². The van der Waals surface area contributed by atoms with E-state index in [1.807, 2.05) is 0 Å². The predicted octanol–water partition coefficient (Wildman–Crippen LogP) is 3.69. The van der Waals surface area contributed by atoms with Gasteiger partial charge in [0.25, 0.3) is 0 Å². The van der Waals surface area contributed by atoms with Gasteiger partial charge in [-0.05, 0) is 68.7 Å². The summed E-state index contributed by atoms with van der Waals surface area (Å²) < 4.78 is 11.2. The molecule has 122 valence electrons. The molecular formula is C19H29NO2. The number of hydrogen-bond acceptors (Lipinski definition) is 3. The van der Waals surface area contributed by atoms with E-state index in [4.69, 9.17) is 9.47 Å². The third kappa shape index (κ3) is 4.02. The van der Waals surface area contributed by atoms with Gasteiger partial charge in [0, 0.05) is 13.2 Å². The van der Waals surface area contributed by atoms with Gasteiger partial charge < -0.3 is 14.4 Å². The quantitative estimate of drug-likeness (QED) is 0.847. The zero-order valence-electron chi connectivity index (χ0n) is 13.8. The Bertz CT molecular complexity index is 457. The second kappa shape index (κ2) is 7.98. The van der Waals surface area contributed by atoms with Gasteiger partial charge >= 0.3 is 0 Å². The van der Waals surface area contributed by atoms with Crippen molar-refractivity contribution in [1.82, 2.24) is 4.90 Å². The Kier molecular flexibility index (Phi) is 5.74. The molecule has 2 atom stereocenters. The molecule has 3 rings (SSSR count).